The fourth-order valence-corrected chi connectivity index (χ4v) is 4.59. The van der Waals surface area contributed by atoms with Gasteiger partial charge in [-0.1, -0.05) is 54.1 Å². The fraction of sp³-hybridized carbons (Fsp3) is 0.130. The maximum absolute atomic E-state index is 13.3. The largest absolute Gasteiger partial charge is 0.417 e. The van der Waals surface area contributed by atoms with Crippen molar-refractivity contribution in [1.82, 2.24) is 5.43 Å². The highest BCUT2D eigenvalue weighted by atomic mass is 35.5. The van der Waals surface area contributed by atoms with Gasteiger partial charge in [0.25, 0.3) is 15.9 Å². The van der Waals surface area contributed by atoms with Crippen LogP contribution in [0.1, 0.15) is 16.7 Å². The highest BCUT2D eigenvalue weighted by Crippen LogP contribution is 2.31. The van der Waals surface area contributed by atoms with Crippen molar-refractivity contribution in [2.45, 2.75) is 18.0 Å². The maximum atomic E-state index is 13.3. The van der Waals surface area contributed by atoms with Crippen LogP contribution in [0.4, 0.5) is 18.9 Å². The number of amides is 1. The lowest BCUT2D eigenvalue weighted by Gasteiger charge is -2.24. The molecular weight excluding hydrogens is 491 g/mol. The maximum Gasteiger partial charge on any atom is 0.417 e. The number of rotatable bonds is 7. The van der Waals surface area contributed by atoms with Gasteiger partial charge in [-0.3, -0.25) is 9.10 Å². The lowest BCUT2D eigenvalue weighted by molar-refractivity contribution is -0.137. The molecule has 0 saturated carbocycles. The number of benzene rings is 3. The van der Waals surface area contributed by atoms with Crippen LogP contribution in [0.15, 0.2) is 82.8 Å². The van der Waals surface area contributed by atoms with Crippen LogP contribution in [0.5, 0.6) is 0 Å². The van der Waals surface area contributed by atoms with E-state index in [1.54, 1.807) is 19.1 Å². The van der Waals surface area contributed by atoms with E-state index < -0.39 is 34.2 Å². The van der Waals surface area contributed by atoms with Gasteiger partial charge in [0.15, 0.2) is 0 Å². The normalized spacial score (nSPS) is 12.0. The molecule has 0 radical (unpaired) electrons. The molecule has 0 bridgehead atoms. The topological polar surface area (TPSA) is 78.8 Å². The molecule has 0 spiro atoms. The van der Waals surface area contributed by atoms with Gasteiger partial charge in [0.05, 0.1) is 22.4 Å². The SMILES string of the molecule is Cc1ccc(N(CC(=O)N/N=C/c2ccccc2C(F)(F)F)S(=O)(=O)c2ccccc2)cc1Cl. The highest BCUT2D eigenvalue weighted by molar-refractivity contribution is 7.92. The molecule has 6 nitrogen and oxygen atoms in total. The van der Waals surface area contributed by atoms with Crippen molar-refractivity contribution in [3.8, 4) is 0 Å². The molecule has 3 aromatic rings. The smallest absolute Gasteiger partial charge is 0.271 e. The predicted molar refractivity (Wildman–Crippen MR) is 124 cm³/mol. The van der Waals surface area contributed by atoms with Gasteiger partial charge in [0, 0.05) is 10.6 Å². The Kier molecular flexibility index (Phi) is 7.63. The van der Waals surface area contributed by atoms with Crippen LogP contribution in [-0.4, -0.2) is 27.1 Å². The van der Waals surface area contributed by atoms with Crippen molar-refractivity contribution in [3.63, 3.8) is 0 Å². The van der Waals surface area contributed by atoms with Gasteiger partial charge in [-0.25, -0.2) is 13.8 Å². The molecule has 3 aromatic carbocycles. The number of alkyl halides is 3. The number of nitrogens with zero attached hydrogens (tertiary/aromatic N) is 2. The third-order valence-electron chi connectivity index (χ3n) is 4.72. The number of hydrogen-bond acceptors (Lipinski definition) is 4. The van der Waals surface area contributed by atoms with Crippen LogP contribution < -0.4 is 9.73 Å². The molecule has 11 heteroatoms. The van der Waals surface area contributed by atoms with Gasteiger partial charge in [0.2, 0.25) is 0 Å². The van der Waals surface area contributed by atoms with Crippen molar-refractivity contribution < 1.29 is 26.4 Å². The summed E-state index contributed by atoms with van der Waals surface area (Å²) in [5.41, 5.74) is 1.76. The van der Waals surface area contributed by atoms with Gasteiger partial charge in [-0.15, -0.1) is 0 Å². The predicted octanol–water partition coefficient (Wildman–Crippen LogP) is 5.01. The van der Waals surface area contributed by atoms with Gasteiger partial charge >= 0.3 is 6.18 Å². The summed E-state index contributed by atoms with van der Waals surface area (Å²) in [6.45, 7) is 1.05. The molecule has 34 heavy (non-hydrogen) atoms. The van der Waals surface area contributed by atoms with Gasteiger partial charge in [-0.2, -0.15) is 18.3 Å². The molecule has 0 heterocycles. The monoisotopic (exact) mass is 509 g/mol. The standard InChI is InChI=1S/C23H19ClF3N3O3S/c1-16-11-12-18(13-21(16)24)30(34(32,33)19-8-3-2-4-9-19)15-22(31)29-28-14-17-7-5-6-10-20(17)23(25,26)27/h2-14H,15H2,1H3,(H,29,31)/b28-14+. The van der Waals surface area contributed by atoms with Crippen molar-refractivity contribution in [2.75, 3.05) is 10.8 Å². The summed E-state index contributed by atoms with van der Waals surface area (Å²) in [4.78, 5) is 12.5. The van der Waals surface area contributed by atoms with E-state index in [0.717, 1.165) is 16.6 Å². The quantitative estimate of drug-likeness (QED) is 0.359. The van der Waals surface area contributed by atoms with E-state index in [1.807, 2.05) is 0 Å². The Labute approximate surface area is 199 Å². The van der Waals surface area contributed by atoms with Gasteiger partial charge in [0.1, 0.15) is 6.54 Å². The second kappa shape index (κ2) is 10.3. The van der Waals surface area contributed by atoms with Crippen molar-refractivity contribution in [2.24, 2.45) is 5.10 Å². The van der Waals surface area contributed by atoms with Crippen LogP contribution in [0.3, 0.4) is 0 Å². The lowest BCUT2D eigenvalue weighted by atomic mass is 10.1. The zero-order valence-corrected chi connectivity index (χ0v) is 19.3. The van der Waals surface area contributed by atoms with E-state index >= 15 is 0 Å². The summed E-state index contributed by atoms with van der Waals surface area (Å²) in [5.74, 6) is -0.864. The average molecular weight is 510 g/mol. The number of hydrogen-bond donors (Lipinski definition) is 1. The minimum atomic E-state index is -4.60. The minimum absolute atomic E-state index is 0.0536. The van der Waals surface area contributed by atoms with Gasteiger partial charge < -0.3 is 0 Å². The number of carbonyl (C=O) groups excluding carboxylic acids is 1. The molecule has 0 saturated heterocycles. The number of aryl methyl sites for hydroxylation is 1. The third-order valence-corrected chi connectivity index (χ3v) is 6.92. The molecule has 1 N–H and O–H groups in total. The van der Waals surface area contributed by atoms with E-state index in [9.17, 15) is 26.4 Å². The first kappa shape index (κ1) is 25.3. The molecule has 0 aliphatic rings. The van der Waals surface area contributed by atoms with Crippen molar-refractivity contribution in [3.05, 3.63) is 94.5 Å². The molecule has 0 aliphatic heterocycles. The Morgan fingerprint density at radius 3 is 2.35 bits per heavy atom. The number of hydrazone groups is 1. The summed E-state index contributed by atoms with van der Waals surface area (Å²) in [7, 11) is -4.17. The molecule has 3 rings (SSSR count). The Morgan fingerprint density at radius 1 is 1.06 bits per heavy atom. The molecule has 1 amide bonds. The number of anilines is 1. The minimum Gasteiger partial charge on any atom is -0.271 e. The van der Waals surface area contributed by atoms with E-state index in [2.05, 4.69) is 10.5 Å². The molecule has 0 aliphatic carbocycles. The summed E-state index contributed by atoms with van der Waals surface area (Å²) >= 11 is 6.16. The van der Waals surface area contributed by atoms with E-state index in [-0.39, 0.29) is 16.1 Å². The Balaban J connectivity index is 1.87. The molecule has 178 valence electrons. The molecule has 0 atom stereocenters. The van der Waals surface area contributed by atoms with Crippen LogP contribution in [0.25, 0.3) is 0 Å². The van der Waals surface area contributed by atoms with Crippen LogP contribution in [0, 0.1) is 6.92 Å². The molecular formula is C23H19ClF3N3O3S. The molecule has 0 unspecified atom stereocenters. The molecule has 0 aromatic heterocycles. The first-order valence-corrected chi connectivity index (χ1v) is 11.6. The van der Waals surface area contributed by atoms with E-state index in [0.29, 0.717) is 10.6 Å². The first-order valence-electron chi connectivity index (χ1n) is 9.82. The number of halogens is 4. The Morgan fingerprint density at radius 2 is 1.71 bits per heavy atom. The third kappa shape index (κ3) is 5.95. The van der Waals surface area contributed by atoms with Crippen molar-refractivity contribution in [1.29, 1.82) is 0 Å². The lowest BCUT2D eigenvalue weighted by Crippen LogP contribution is -2.39. The fourth-order valence-electron chi connectivity index (χ4n) is 2.98. The van der Waals surface area contributed by atoms with E-state index in [1.165, 1.54) is 54.6 Å². The van der Waals surface area contributed by atoms with Crippen LogP contribution in [0.2, 0.25) is 5.02 Å². The summed E-state index contributed by atoms with van der Waals surface area (Å²) in [6, 6.07) is 16.7. The Hall–Kier alpha value is -3.37. The van der Waals surface area contributed by atoms with E-state index in [4.69, 9.17) is 11.6 Å². The second-order valence-electron chi connectivity index (χ2n) is 7.14. The number of nitrogens with one attached hydrogen (secondary N) is 1. The van der Waals surface area contributed by atoms with Crippen molar-refractivity contribution >= 4 is 39.4 Å². The summed E-state index contributed by atoms with van der Waals surface area (Å²) in [6.07, 6.45) is -3.75. The van der Waals surface area contributed by atoms with Gasteiger partial charge in [-0.05, 0) is 42.8 Å². The van der Waals surface area contributed by atoms with Crippen LogP contribution in [-0.2, 0) is 21.0 Å². The summed E-state index contributed by atoms with van der Waals surface area (Å²) < 4.78 is 66.7. The number of carbonyl (C=O) groups is 1. The molecule has 0 fully saturated rings. The first-order chi connectivity index (χ1) is 16.0. The second-order valence-corrected chi connectivity index (χ2v) is 9.41. The highest BCUT2D eigenvalue weighted by Gasteiger charge is 2.32. The van der Waals surface area contributed by atoms with Crippen LogP contribution >= 0.6 is 11.6 Å². The average Bonchev–Trinajstić information content (AvgIpc) is 2.79. The summed E-state index contributed by atoms with van der Waals surface area (Å²) in [5, 5.41) is 3.88. The Bertz CT molecular complexity index is 1310. The zero-order valence-electron chi connectivity index (χ0n) is 17.8. The number of sulfonamides is 1. The zero-order chi connectivity index (χ0) is 24.9.